The van der Waals surface area contributed by atoms with Gasteiger partial charge in [0.15, 0.2) is 11.0 Å². The molecule has 0 unspecified atom stereocenters. The van der Waals surface area contributed by atoms with E-state index in [9.17, 15) is 14.7 Å². The standard InChI is InChI=1S/C27H18O5/c28-24-15-25(32-26-22(24)6-3-7-23(26)27(29)30)19-10-12-21(13-11-19)31-16-17-8-9-18-4-1-2-5-20(18)14-17/h1-15H,16H2,(H,29,30). The predicted octanol–water partition coefficient (Wildman–Crippen LogP) is 5.89. The fourth-order valence-corrected chi connectivity index (χ4v) is 3.70. The Kier molecular flexibility index (Phi) is 4.92. The van der Waals surface area contributed by atoms with Crippen LogP contribution in [-0.2, 0) is 6.61 Å². The lowest BCUT2D eigenvalue weighted by atomic mass is 10.1. The van der Waals surface area contributed by atoms with Crippen LogP contribution in [0.25, 0.3) is 33.1 Å². The van der Waals surface area contributed by atoms with Gasteiger partial charge >= 0.3 is 5.97 Å². The highest BCUT2D eigenvalue weighted by Gasteiger charge is 2.14. The zero-order valence-electron chi connectivity index (χ0n) is 16.9. The van der Waals surface area contributed by atoms with E-state index < -0.39 is 5.97 Å². The van der Waals surface area contributed by atoms with Gasteiger partial charge in [-0.15, -0.1) is 0 Å². The number of ether oxygens (including phenoxy) is 1. The zero-order chi connectivity index (χ0) is 22.1. The smallest absolute Gasteiger partial charge is 0.339 e. The van der Waals surface area contributed by atoms with E-state index >= 15 is 0 Å². The number of carbonyl (C=O) groups is 1. The molecule has 32 heavy (non-hydrogen) atoms. The molecule has 0 fully saturated rings. The molecule has 0 aliphatic rings. The molecule has 0 saturated carbocycles. The number of aromatic carboxylic acids is 1. The number of hydrogen-bond donors (Lipinski definition) is 1. The molecule has 5 rings (SSSR count). The second-order valence-electron chi connectivity index (χ2n) is 7.46. The van der Waals surface area contributed by atoms with Gasteiger partial charge in [-0.2, -0.15) is 0 Å². The molecular formula is C27H18O5. The Labute approximate surface area is 183 Å². The predicted molar refractivity (Wildman–Crippen MR) is 123 cm³/mol. The lowest BCUT2D eigenvalue weighted by Gasteiger charge is -2.09. The molecule has 0 bridgehead atoms. The molecule has 1 N–H and O–H groups in total. The van der Waals surface area contributed by atoms with Gasteiger partial charge in [-0.1, -0.05) is 42.5 Å². The summed E-state index contributed by atoms with van der Waals surface area (Å²) in [6.07, 6.45) is 0. The van der Waals surface area contributed by atoms with Crippen LogP contribution in [0, 0.1) is 0 Å². The van der Waals surface area contributed by atoms with Gasteiger partial charge in [0, 0.05) is 11.6 Å². The zero-order valence-corrected chi connectivity index (χ0v) is 16.9. The molecule has 0 aliphatic carbocycles. The first-order chi connectivity index (χ1) is 15.6. The summed E-state index contributed by atoms with van der Waals surface area (Å²) in [7, 11) is 0. The molecule has 0 radical (unpaired) electrons. The maximum Gasteiger partial charge on any atom is 0.339 e. The Balaban J connectivity index is 1.39. The fourth-order valence-electron chi connectivity index (χ4n) is 3.70. The number of carboxylic acid groups (broad SMARTS) is 1. The minimum Gasteiger partial charge on any atom is -0.489 e. The number of benzene rings is 4. The summed E-state index contributed by atoms with van der Waals surface area (Å²) < 4.78 is 11.7. The summed E-state index contributed by atoms with van der Waals surface area (Å²) in [5.74, 6) is -0.165. The number of hydrogen-bond acceptors (Lipinski definition) is 4. The molecule has 0 aliphatic heterocycles. The number of para-hydroxylation sites is 1. The lowest BCUT2D eigenvalue weighted by molar-refractivity contribution is 0.0698. The van der Waals surface area contributed by atoms with E-state index in [4.69, 9.17) is 9.15 Å². The third-order valence-electron chi connectivity index (χ3n) is 5.34. The molecule has 5 heteroatoms. The summed E-state index contributed by atoms with van der Waals surface area (Å²) in [6.45, 7) is 0.428. The highest BCUT2D eigenvalue weighted by Crippen LogP contribution is 2.26. The highest BCUT2D eigenvalue weighted by molar-refractivity contribution is 6.01. The van der Waals surface area contributed by atoms with Gasteiger partial charge in [0.2, 0.25) is 0 Å². The van der Waals surface area contributed by atoms with E-state index in [2.05, 4.69) is 24.3 Å². The number of fused-ring (bicyclic) bond motifs is 2. The van der Waals surface area contributed by atoms with Crippen molar-refractivity contribution in [1.29, 1.82) is 0 Å². The Bertz CT molecular complexity index is 1510. The van der Waals surface area contributed by atoms with E-state index in [0.717, 1.165) is 10.9 Å². The van der Waals surface area contributed by atoms with Crippen molar-refractivity contribution in [3.63, 3.8) is 0 Å². The molecule has 0 spiro atoms. The Hall–Kier alpha value is -4.38. The molecule has 5 aromatic rings. The van der Waals surface area contributed by atoms with Gasteiger partial charge in [-0.25, -0.2) is 4.79 Å². The van der Waals surface area contributed by atoms with Crippen LogP contribution >= 0.6 is 0 Å². The van der Waals surface area contributed by atoms with Crippen molar-refractivity contribution in [2.45, 2.75) is 6.61 Å². The van der Waals surface area contributed by atoms with Crippen LogP contribution in [0.4, 0.5) is 0 Å². The van der Waals surface area contributed by atoms with Crippen molar-refractivity contribution in [2.75, 3.05) is 0 Å². The van der Waals surface area contributed by atoms with E-state index in [-0.39, 0.29) is 22.0 Å². The Morgan fingerprint density at radius 2 is 1.62 bits per heavy atom. The summed E-state index contributed by atoms with van der Waals surface area (Å²) in [4.78, 5) is 24.0. The molecule has 4 aromatic carbocycles. The Morgan fingerprint density at radius 1 is 0.844 bits per heavy atom. The fraction of sp³-hybridized carbons (Fsp3) is 0.0370. The van der Waals surface area contributed by atoms with Crippen molar-refractivity contribution < 1.29 is 19.1 Å². The minimum absolute atomic E-state index is 0.0446. The van der Waals surface area contributed by atoms with Crippen LogP contribution < -0.4 is 10.2 Å². The molecule has 1 aromatic heterocycles. The number of carboxylic acids is 1. The van der Waals surface area contributed by atoms with Gasteiger partial charge in [-0.3, -0.25) is 4.79 Å². The minimum atomic E-state index is -1.15. The SMILES string of the molecule is O=C(O)c1cccc2c(=O)cc(-c3ccc(OCc4ccc5ccccc5c4)cc3)oc12. The summed E-state index contributed by atoms with van der Waals surface area (Å²) in [5.41, 5.74) is 1.45. The van der Waals surface area contributed by atoms with Crippen LogP contribution in [0.3, 0.4) is 0 Å². The molecular weight excluding hydrogens is 404 g/mol. The van der Waals surface area contributed by atoms with Gasteiger partial charge in [0.1, 0.15) is 23.7 Å². The quantitative estimate of drug-likeness (QED) is 0.382. The molecule has 156 valence electrons. The van der Waals surface area contributed by atoms with E-state index in [1.807, 2.05) is 18.2 Å². The van der Waals surface area contributed by atoms with Crippen molar-refractivity contribution in [3.05, 3.63) is 112 Å². The second-order valence-corrected chi connectivity index (χ2v) is 7.46. The van der Waals surface area contributed by atoms with Crippen molar-refractivity contribution in [2.24, 2.45) is 0 Å². The largest absolute Gasteiger partial charge is 0.489 e. The first-order valence-electron chi connectivity index (χ1n) is 10.1. The molecule has 0 amide bonds. The summed E-state index contributed by atoms with van der Waals surface area (Å²) in [5, 5.41) is 12.0. The molecule has 5 nitrogen and oxygen atoms in total. The van der Waals surface area contributed by atoms with Crippen LogP contribution in [0.1, 0.15) is 15.9 Å². The van der Waals surface area contributed by atoms with Crippen molar-refractivity contribution >= 4 is 27.7 Å². The Morgan fingerprint density at radius 3 is 2.41 bits per heavy atom. The van der Waals surface area contributed by atoms with Gasteiger partial charge in [0.05, 0.1) is 5.39 Å². The third kappa shape index (κ3) is 3.72. The van der Waals surface area contributed by atoms with Gasteiger partial charge in [0.25, 0.3) is 0 Å². The average molecular weight is 422 g/mol. The van der Waals surface area contributed by atoms with Gasteiger partial charge < -0.3 is 14.3 Å². The van der Waals surface area contributed by atoms with Gasteiger partial charge in [-0.05, 0) is 58.8 Å². The van der Waals surface area contributed by atoms with Crippen molar-refractivity contribution in [1.82, 2.24) is 0 Å². The summed E-state index contributed by atoms with van der Waals surface area (Å²) in [6, 6.07) is 27.4. The van der Waals surface area contributed by atoms with Crippen molar-refractivity contribution in [3.8, 4) is 17.1 Å². The van der Waals surface area contributed by atoms with E-state index in [1.165, 1.54) is 23.6 Å². The summed E-state index contributed by atoms with van der Waals surface area (Å²) >= 11 is 0. The van der Waals surface area contributed by atoms with E-state index in [0.29, 0.717) is 23.7 Å². The first-order valence-corrected chi connectivity index (χ1v) is 10.1. The first kappa shape index (κ1) is 19.6. The molecule has 1 heterocycles. The highest BCUT2D eigenvalue weighted by atomic mass is 16.5. The maximum absolute atomic E-state index is 12.5. The van der Waals surface area contributed by atoms with Crippen LogP contribution in [0.2, 0.25) is 0 Å². The number of rotatable bonds is 5. The normalized spacial score (nSPS) is 11.0. The van der Waals surface area contributed by atoms with Crippen LogP contribution in [-0.4, -0.2) is 11.1 Å². The molecule has 0 atom stereocenters. The van der Waals surface area contributed by atoms with Crippen LogP contribution in [0.15, 0.2) is 100 Å². The van der Waals surface area contributed by atoms with Crippen LogP contribution in [0.5, 0.6) is 5.75 Å². The average Bonchev–Trinajstić information content (AvgIpc) is 2.82. The molecule has 0 saturated heterocycles. The van der Waals surface area contributed by atoms with E-state index in [1.54, 1.807) is 30.3 Å². The third-order valence-corrected chi connectivity index (χ3v) is 5.34. The topological polar surface area (TPSA) is 76.7 Å². The monoisotopic (exact) mass is 422 g/mol. The second kappa shape index (κ2) is 8.04. The lowest BCUT2D eigenvalue weighted by Crippen LogP contribution is -2.05. The maximum atomic E-state index is 12.5.